The van der Waals surface area contributed by atoms with Gasteiger partial charge in [-0.05, 0) is 32.9 Å². The second-order valence-corrected chi connectivity index (χ2v) is 4.50. The number of ether oxygens (including phenoxy) is 2. The van der Waals surface area contributed by atoms with Crippen LogP contribution in [-0.4, -0.2) is 39.2 Å². The van der Waals surface area contributed by atoms with Gasteiger partial charge in [0.2, 0.25) is 0 Å². The first kappa shape index (κ1) is 15.5. The van der Waals surface area contributed by atoms with Gasteiger partial charge in [-0.15, -0.1) is 0 Å². The van der Waals surface area contributed by atoms with E-state index >= 15 is 0 Å². The topological polar surface area (TPSA) is 38.8 Å². The normalized spacial score (nSPS) is 12.1. The summed E-state index contributed by atoms with van der Waals surface area (Å²) in [6.07, 6.45) is 0. The first-order valence-corrected chi connectivity index (χ1v) is 6.50. The number of rotatable bonds is 7. The molecule has 0 radical (unpaired) electrons. The molecule has 0 aromatic heterocycles. The van der Waals surface area contributed by atoms with Crippen LogP contribution < -0.4 is 9.64 Å². The van der Waals surface area contributed by atoms with Gasteiger partial charge in [0, 0.05) is 19.7 Å². The second-order valence-electron chi connectivity index (χ2n) is 4.50. The number of hydrogen-bond donors (Lipinski definition) is 0. The molecule has 4 heteroatoms. The molecule has 0 aliphatic heterocycles. The molecular weight excluding hydrogens is 242 g/mol. The monoisotopic (exact) mass is 265 g/mol. The average molecular weight is 265 g/mol. The standard InChI is InChI=1S/C15H23NO3/c1-6-16(11(2)10-18-4)13-8-7-9-14(19-5)15(13)12(3)17/h7-9,11H,6,10H2,1-5H3. The predicted octanol–water partition coefficient (Wildman–Crippen LogP) is 2.76. The lowest BCUT2D eigenvalue weighted by Crippen LogP contribution is -2.37. The highest BCUT2D eigenvalue weighted by Crippen LogP contribution is 2.30. The number of hydrogen-bond acceptors (Lipinski definition) is 4. The van der Waals surface area contributed by atoms with Crippen LogP contribution in [0, 0.1) is 0 Å². The number of anilines is 1. The number of nitrogens with zero attached hydrogens (tertiary/aromatic N) is 1. The molecule has 0 spiro atoms. The molecule has 1 rings (SSSR count). The van der Waals surface area contributed by atoms with E-state index < -0.39 is 0 Å². The van der Waals surface area contributed by atoms with Crippen LogP contribution in [0.3, 0.4) is 0 Å². The van der Waals surface area contributed by atoms with Gasteiger partial charge in [-0.3, -0.25) is 4.79 Å². The number of carbonyl (C=O) groups is 1. The van der Waals surface area contributed by atoms with Gasteiger partial charge in [-0.1, -0.05) is 6.07 Å². The quantitative estimate of drug-likeness (QED) is 0.711. The van der Waals surface area contributed by atoms with Crippen molar-refractivity contribution in [2.75, 3.05) is 32.3 Å². The molecule has 19 heavy (non-hydrogen) atoms. The molecule has 0 heterocycles. The Balaban J connectivity index is 3.26. The maximum atomic E-state index is 11.9. The lowest BCUT2D eigenvalue weighted by atomic mass is 10.1. The molecule has 0 amide bonds. The summed E-state index contributed by atoms with van der Waals surface area (Å²) in [6.45, 7) is 7.13. The SMILES string of the molecule is CCN(c1cccc(OC)c1C(C)=O)C(C)COC. The van der Waals surface area contributed by atoms with Crippen LogP contribution in [0.2, 0.25) is 0 Å². The third kappa shape index (κ3) is 3.47. The van der Waals surface area contributed by atoms with Gasteiger partial charge in [-0.25, -0.2) is 0 Å². The largest absolute Gasteiger partial charge is 0.496 e. The van der Waals surface area contributed by atoms with Crippen molar-refractivity contribution in [2.45, 2.75) is 26.8 Å². The minimum atomic E-state index is 0.00974. The van der Waals surface area contributed by atoms with Crippen molar-refractivity contribution in [1.82, 2.24) is 0 Å². The van der Waals surface area contributed by atoms with Crippen molar-refractivity contribution in [2.24, 2.45) is 0 Å². The zero-order chi connectivity index (χ0) is 14.4. The van der Waals surface area contributed by atoms with Crippen molar-refractivity contribution in [1.29, 1.82) is 0 Å². The van der Waals surface area contributed by atoms with Crippen LogP contribution in [0.1, 0.15) is 31.1 Å². The second kappa shape index (κ2) is 7.14. The van der Waals surface area contributed by atoms with Crippen molar-refractivity contribution >= 4 is 11.5 Å². The molecule has 1 unspecified atom stereocenters. The maximum absolute atomic E-state index is 11.9. The molecule has 0 saturated carbocycles. The van der Waals surface area contributed by atoms with E-state index in [1.807, 2.05) is 18.2 Å². The molecule has 0 aliphatic carbocycles. The maximum Gasteiger partial charge on any atom is 0.165 e. The number of methoxy groups -OCH3 is 2. The summed E-state index contributed by atoms with van der Waals surface area (Å²) >= 11 is 0. The summed E-state index contributed by atoms with van der Waals surface area (Å²) in [5.41, 5.74) is 1.54. The smallest absolute Gasteiger partial charge is 0.165 e. The summed E-state index contributed by atoms with van der Waals surface area (Å²) < 4.78 is 10.5. The fourth-order valence-electron chi connectivity index (χ4n) is 2.33. The Hall–Kier alpha value is -1.55. The van der Waals surface area contributed by atoms with Crippen LogP contribution in [0.5, 0.6) is 5.75 Å². The van der Waals surface area contributed by atoms with Gasteiger partial charge in [0.05, 0.1) is 25.0 Å². The molecular formula is C15H23NO3. The summed E-state index contributed by atoms with van der Waals surface area (Å²) in [7, 11) is 3.27. The van der Waals surface area contributed by atoms with Crippen LogP contribution in [0.25, 0.3) is 0 Å². The van der Waals surface area contributed by atoms with E-state index in [-0.39, 0.29) is 11.8 Å². The summed E-state index contributed by atoms with van der Waals surface area (Å²) in [5, 5.41) is 0. The highest BCUT2D eigenvalue weighted by atomic mass is 16.5. The Morgan fingerprint density at radius 2 is 2.05 bits per heavy atom. The van der Waals surface area contributed by atoms with Crippen molar-refractivity contribution in [3.8, 4) is 5.75 Å². The molecule has 1 atom stereocenters. The molecule has 0 bridgehead atoms. The Morgan fingerprint density at radius 1 is 1.37 bits per heavy atom. The molecule has 0 fully saturated rings. The van der Waals surface area contributed by atoms with Gasteiger partial charge >= 0.3 is 0 Å². The van der Waals surface area contributed by atoms with Crippen molar-refractivity contribution in [3.05, 3.63) is 23.8 Å². The van der Waals surface area contributed by atoms with E-state index in [1.165, 1.54) is 0 Å². The molecule has 1 aromatic carbocycles. The Bertz CT molecular complexity index is 431. The highest BCUT2D eigenvalue weighted by molar-refractivity contribution is 6.02. The van der Waals surface area contributed by atoms with E-state index in [0.717, 1.165) is 12.2 Å². The van der Waals surface area contributed by atoms with E-state index in [9.17, 15) is 4.79 Å². The predicted molar refractivity (Wildman–Crippen MR) is 77.4 cm³/mol. The van der Waals surface area contributed by atoms with Gasteiger partial charge in [0.25, 0.3) is 0 Å². The fraction of sp³-hybridized carbons (Fsp3) is 0.533. The number of ketones is 1. The van der Waals surface area contributed by atoms with E-state index in [2.05, 4.69) is 18.7 Å². The van der Waals surface area contributed by atoms with Gasteiger partial charge in [0.1, 0.15) is 5.75 Å². The third-order valence-corrected chi connectivity index (χ3v) is 3.17. The molecule has 0 aliphatic rings. The van der Waals surface area contributed by atoms with Crippen LogP contribution in [-0.2, 0) is 4.74 Å². The Labute approximate surface area is 115 Å². The molecule has 1 aromatic rings. The summed E-state index contributed by atoms with van der Waals surface area (Å²) in [5.74, 6) is 0.628. The van der Waals surface area contributed by atoms with Crippen LogP contribution >= 0.6 is 0 Å². The molecule has 0 saturated heterocycles. The highest BCUT2D eigenvalue weighted by Gasteiger charge is 2.21. The lowest BCUT2D eigenvalue weighted by Gasteiger charge is -2.31. The lowest BCUT2D eigenvalue weighted by molar-refractivity contribution is 0.101. The van der Waals surface area contributed by atoms with Crippen LogP contribution in [0.4, 0.5) is 5.69 Å². The third-order valence-electron chi connectivity index (χ3n) is 3.17. The number of likely N-dealkylation sites (N-methyl/N-ethyl adjacent to an activating group) is 1. The molecule has 106 valence electrons. The minimum absolute atomic E-state index is 0.00974. The van der Waals surface area contributed by atoms with Crippen LogP contribution in [0.15, 0.2) is 18.2 Å². The van der Waals surface area contributed by atoms with E-state index in [1.54, 1.807) is 21.1 Å². The van der Waals surface area contributed by atoms with E-state index in [0.29, 0.717) is 17.9 Å². The Kier molecular flexibility index (Phi) is 5.83. The van der Waals surface area contributed by atoms with E-state index in [4.69, 9.17) is 9.47 Å². The minimum Gasteiger partial charge on any atom is -0.496 e. The summed E-state index contributed by atoms with van der Waals surface area (Å²) in [6, 6.07) is 5.87. The Morgan fingerprint density at radius 3 is 2.53 bits per heavy atom. The van der Waals surface area contributed by atoms with Gasteiger partial charge in [0.15, 0.2) is 5.78 Å². The van der Waals surface area contributed by atoms with Gasteiger partial charge in [-0.2, -0.15) is 0 Å². The first-order valence-electron chi connectivity index (χ1n) is 6.50. The number of benzene rings is 1. The average Bonchev–Trinajstić information content (AvgIpc) is 2.39. The zero-order valence-corrected chi connectivity index (χ0v) is 12.4. The number of carbonyl (C=O) groups excluding carboxylic acids is 1. The number of Topliss-reactive ketones (excluding diaryl/α,β-unsaturated/α-hetero) is 1. The molecule has 0 N–H and O–H groups in total. The van der Waals surface area contributed by atoms with Crippen molar-refractivity contribution in [3.63, 3.8) is 0 Å². The summed E-state index contributed by atoms with van der Waals surface area (Å²) in [4.78, 5) is 14.1. The molecule has 4 nitrogen and oxygen atoms in total. The van der Waals surface area contributed by atoms with Gasteiger partial charge < -0.3 is 14.4 Å². The zero-order valence-electron chi connectivity index (χ0n) is 12.4. The van der Waals surface area contributed by atoms with Crippen molar-refractivity contribution < 1.29 is 14.3 Å². The fourth-order valence-corrected chi connectivity index (χ4v) is 2.33. The first-order chi connectivity index (χ1) is 9.06.